The Morgan fingerprint density at radius 3 is 1.92 bits per heavy atom. The number of carbonyl (C=O) groups is 1. The zero-order chi connectivity index (χ0) is 9.40. The smallest absolute Gasteiger partial charge is 0.306 e. The van der Waals surface area contributed by atoms with Crippen LogP contribution in [0.15, 0.2) is 25.3 Å². The first-order valence-electron chi connectivity index (χ1n) is 4.17. The molecule has 2 heteroatoms. The first-order chi connectivity index (χ1) is 5.72. The van der Waals surface area contributed by atoms with Crippen LogP contribution < -0.4 is 0 Å². The van der Waals surface area contributed by atoms with Crippen LogP contribution in [0.1, 0.15) is 25.7 Å². The molecule has 0 aromatic carbocycles. The fraction of sp³-hybridized carbons (Fsp3) is 0.500. The van der Waals surface area contributed by atoms with Gasteiger partial charge in [0.1, 0.15) is 0 Å². The second-order valence-electron chi connectivity index (χ2n) is 2.77. The van der Waals surface area contributed by atoms with E-state index in [1.165, 1.54) is 0 Å². The maximum Gasteiger partial charge on any atom is 0.306 e. The molecule has 0 unspecified atom stereocenters. The van der Waals surface area contributed by atoms with Crippen molar-refractivity contribution in [2.75, 3.05) is 0 Å². The van der Waals surface area contributed by atoms with Crippen molar-refractivity contribution in [3.63, 3.8) is 0 Å². The second-order valence-corrected chi connectivity index (χ2v) is 2.77. The average molecular weight is 168 g/mol. The molecule has 68 valence electrons. The van der Waals surface area contributed by atoms with E-state index in [0.29, 0.717) is 12.8 Å². The molecule has 1 N–H and O–H groups in total. The summed E-state index contributed by atoms with van der Waals surface area (Å²) >= 11 is 0. The Balaban J connectivity index is 3.77. The van der Waals surface area contributed by atoms with E-state index in [2.05, 4.69) is 13.2 Å². The third-order valence-electron chi connectivity index (χ3n) is 1.79. The van der Waals surface area contributed by atoms with Gasteiger partial charge >= 0.3 is 5.97 Å². The molecule has 0 amide bonds. The van der Waals surface area contributed by atoms with Gasteiger partial charge in [-0.25, -0.2) is 0 Å². The highest BCUT2D eigenvalue weighted by molar-refractivity contribution is 5.69. The monoisotopic (exact) mass is 168 g/mol. The minimum absolute atomic E-state index is 0.235. The van der Waals surface area contributed by atoms with E-state index in [1.54, 1.807) is 12.2 Å². The Morgan fingerprint density at radius 1 is 1.25 bits per heavy atom. The van der Waals surface area contributed by atoms with Crippen molar-refractivity contribution in [2.45, 2.75) is 25.7 Å². The molecule has 0 saturated heterocycles. The normalized spacial score (nSPS) is 9.75. The lowest BCUT2D eigenvalue weighted by Gasteiger charge is -2.08. The van der Waals surface area contributed by atoms with Gasteiger partial charge in [-0.05, 0) is 25.7 Å². The van der Waals surface area contributed by atoms with Crippen LogP contribution in [-0.4, -0.2) is 11.1 Å². The van der Waals surface area contributed by atoms with E-state index in [1.807, 2.05) is 0 Å². The van der Waals surface area contributed by atoms with Crippen molar-refractivity contribution < 1.29 is 9.90 Å². The highest BCUT2D eigenvalue weighted by Gasteiger charge is 2.14. The summed E-state index contributed by atoms with van der Waals surface area (Å²) in [5.41, 5.74) is 0. The molecule has 0 aliphatic rings. The van der Waals surface area contributed by atoms with E-state index < -0.39 is 5.97 Å². The summed E-state index contributed by atoms with van der Waals surface area (Å²) in [7, 11) is 0. The molecule has 12 heavy (non-hydrogen) atoms. The lowest BCUT2D eigenvalue weighted by Crippen LogP contribution is -2.12. The maximum atomic E-state index is 10.6. The molecule has 0 aliphatic heterocycles. The van der Waals surface area contributed by atoms with E-state index in [-0.39, 0.29) is 5.92 Å². The highest BCUT2D eigenvalue weighted by Crippen LogP contribution is 2.14. The summed E-state index contributed by atoms with van der Waals surface area (Å²) in [6.45, 7) is 7.12. The van der Waals surface area contributed by atoms with Crippen molar-refractivity contribution in [3.8, 4) is 0 Å². The van der Waals surface area contributed by atoms with Gasteiger partial charge in [0, 0.05) is 0 Å². The van der Waals surface area contributed by atoms with E-state index in [0.717, 1.165) is 12.8 Å². The molecule has 0 atom stereocenters. The van der Waals surface area contributed by atoms with Gasteiger partial charge in [-0.2, -0.15) is 0 Å². The summed E-state index contributed by atoms with van der Waals surface area (Å²) in [6, 6.07) is 0. The van der Waals surface area contributed by atoms with Crippen LogP contribution in [0.5, 0.6) is 0 Å². The second kappa shape index (κ2) is 6.65. The van der Waals surface area contributed by atoms with Crippen molar-refractivity contribution in [3.05, 3.63) is 25.3 Å². The fourth-order valence-electron chi connectivity index (χ4n) is 1.03. The number of aliphatic carboxylic acids is 1. The molecule has 0 aromatic heterocycles. The zero-order valence-electron chi connectivity index (χ0n) is 7.33. The largest absolute Gasteiger partial charge is 0.481 e. The van der Waals surface area contributed by atoms with Crippen LogP contribution in [0.3, 0.4) is 0 Å². The Hall–Kier alpha value is -1.05. The zero-order valence-corrected chi connectivity index (χ0v) is 7.33. The Labute approximate surface area is 73.6 Å². The average Bonchev–Trinajstić information content (AvgIpc) is 2.04. The van der Waals surface area contributed by atoms with Gasteiger partial charge in [0.2, 0.25) is 0 Å². The van der Waals surface area contributed by atoms with Crippen molar-refractivity contribution in [1.29, 1.82) is 0 Å². The standard InChI is InChI=1S/C10H16O2/c1-3-5-7-9(10(11)12)8-6-4-2/h3-4,9H,1-2,5-8H2,(H,11,12). The van der Waals surface area contributed by atoms with Crippen molar-refractivity contribution in [1.82, 2.24) is 0 Å². The number of carboxylic acid groups (broad SMARTS) is 1. The lowest BCUT2D eigenvalue weighted by atomic mass is 9.98. The molecule has 0 bridgehead atoms. The van der Waals surface area contributed by atoms with Crippen molar-refractivity contribution in [2.24, 2.45) is 5.92 Å². The Morgan fingerprint density at radius 2 is 1.67 bits per heavy atom. The molecule has 0 aliphatic carbocycles. The van der Waals surface area contributed by atoms with Crippen molar-refractivity contribution >= 4 is 5.97 Å². The quantitative estimate of drug-likeness (QED) is 0.593. The first-order valence-corrected chi connectivity index (χ1v) is 4.17. The highest BCUT2D eigenvalue weighted by atomic mass is 16.4. The molecular weight excluding hydrogens is 152 g/mol. The number of rotatable bonds is 7. The van der Waals surface area contributed by atoms with E-state index in [4.69, 9.17) is 5.11 Å². The Kier molecular flexibility index (Phi) is 6.07. The SMILES string of the molecule is C=CCCC(CCC=C)C(=O)O. The lowest BCUT2D eigenvalue weighted by molar-refractivity contribution is -0.142. The number of hydrogen-bond donors (Lipinski definition) is 1. The van der Waals surface area contributed by atoms with Gasteiger partial charge in [0.25, 0.3) is 0 Å². The molecule has 0 heterocycles. The van der Waals surface area contributed by atoms with E-state index >= 15 is 0 Å². The van der Waals surface area contributed by atoms with Gasteiger partial charge < -0.3 is 5.11 Å². The van der Waals surface area contributed by atoms with Crippen LogP contribution in [0.25, 0.3) is 0 Å². The van der Waals surface area contributed by atoms with Crippen LogP contribution in [0.2, 0.25) is 0 Å². The van der Waals surface area contributed by atoms with Crippen LogP contribution in [0, 0.1) is 5.92 Å². The molecule has 0 rings (SSSR count). The van der Waals surface area contributed by atoms with Gasteiger partial charge in [-0.3, -0.25) is 4.79 Å². The first kappa shape index (κ1) is 11.0. The summed E-state index contributed by atoms with van der Waals surface area (Å²) < 4.78 is 0. The number of hydrogen-bond acceptors (Lipinski definition) is 1. The number of allylic oxidation sites excluding steroid dienone is 2. The molecule has 0 radical (unpaired) electrons. The maximum absolute atomic E-state index is 10.6. The Bertz CT molecular complexity index is 149. The summed E-state index contributed by atoms with van der Waals surface area (Å²) in [6.07, 6.45) is 6.43. The third kappa shape index (κ3) is 4.72. The summed E-state index contributed by atoms with van der Waals surface area (Å²) in [5, 5.41) is 8.76. The van der Waals surface area contributed by atoms with Gasteiger partial charge in [0.05, 0.1) is 5.92 Å². The predicted molar refractivity (Wildman–Crippen MR) is 50.0 cm³/mol. The summed E-state index contributed by atoms with van der Waals surface area (Å²) in [4.78, 5) is 10.6. The molecule has 2 nitrogen and oxygen atoms in total. The molecule has 0 aromatic rings. The van der Waals surface area contributed by atoms with Gasteiger partial charge in [0.15, 0.2) is 0 Å². The minimum Gasteiger partial charge on any atom is -0.481 e. The van der Waals surface area contributed by atoms with Crippen LogP contribution >= 0.6 is 0 Å². The van der Waals surface area contributed by atoms with Crippen LogP contribution in [-0.2, 0) is 4.79 Å². The van der Waals surface area contributed by atoms with Gasteiger partial charge in [-0.15, -0.1) is 13.2 Å². The van der Waals surface area contributed by atoms with E-state index in [9.17, 15) is 4.79 Å². The molecular formula is C10H16O2. The molecule has 0 fully saturated rings. The summed E-state index contributed by atoms with van der Waals surface area (Å²) in [5.74, 6) is -0.945. The molecule has 0 spiro atoms. The fourth-order valence-corrected chi connectivity index (χ4v) is 1.03. The molecule has 0 saturated carbocycles. The predicted octanol–water partition coefficient (Wildman–Crippen LogP) is 2.62. The third-order valence-corrected chi connectivity index (χ3v) is 1.79. The minimum atomic E-state index is -0.710. The van der Waals surface area contributed by atoms with Gasteiger partial charge in [-0.1, -0.05) is 12.2 Å². The number of carboxylic acids is 1. The van der Waals surface area contributed by atoms with Crippen LogP contribution in [0.4, 0.5) is 0 Å². The topological polar surface area (TPSA) is 37.3 Å².